The van der Waals surface area contributed by atoms with Gasteiger partial charge in [-0.15, -0.1) is 0 Å². The highest BCUT2D eigenvalue weighted by atomic mass is 16.2. The van der Waals surface area contributed by atoms with E-state index in [0.29, 0.717) is 5.69 Å². The molecule has 0 spiro atoms. The van der Waals surface area contributed by atoms with Crippen molar-refractivity contribution in [1.29, 1.82) is 0 Å². The van der Waals surface area contributed by atoms with Crippen molar-refractivity contribution in [3.8, 4) is 0 Å². The first-order chi connectivity index (χ1) is 7.22. The lowest BCUT2D eigenvalue weighted by Crippen LogP contribution is -2.29. The Morgan fingerprint density at radius 1 is 1.47 bits per heavy atom. The van der Waals surface area contributed by atoms with Gasteiger partial charge in [0.05, 0.1) is 5.69 Å². The summed E-state index contributed by atoms with van der Waals surface area (Å²) >= 11 is 0. The fourth-order valence-corrected chi connectivity index (χ4v) is 1.98. The molecule has 0 aromatic carbocycles. The van der Waals surface area contributed by atoms with Gasteiger partial charge in [0.15, 0.2) is 0 Å². The molecule has 1 amide bonds. The van der Waals surface area contributed by atoms with E-state index in [0.717, 1.165) is 38.0 Å². The zero-order valence-corrected chi connectivity index (χ0v) is 9.36. The molecule has 2 heterocycles. The summed E-state index contributed by atoms with van der Waals surface area (Å²) in [7, 11) is 1.84. The van der Waals surface area contributed by atoms with Gasteiger partial charge in [-0.25, -0.2) is 0 Å². The molecular formula is C11H17N3O. The van der Waals surface area contributed by atoms with Crippen LogP contribution in [-0.4, -0.2) is 33.7 Å². The number of carbonyl (C=O) groups is 1. The van der Waals surface area contributed by atoms with Crippen LogP contribution in [0.15, 0.2) is 6.07 Å². The van der Waals surface area contributed by atoms with Crippen LogP contribution in [0.4, 0.5) is 0 Å². The largest absolute Gasteiger partial charge is 0.337 e. The third kappa shape index (κ3) is 1.89. The van der Waals surface area contributed by atoms with Crippen LogP contribution in [0.3, 0.4) is 0 Å². The van der Waals surface area contributed by atoms with E-state index in [1.807, 2.05) is 24.9 Å². The molecule has 4 heteroatoms. The molecular weight excluding hydrogens is 190 g/mol. The number of hydrogen-bond donors (Lipinski definition) is 0. The van der Waals surface area contributed by atoms with Gasteiger partial charge >= 0.3 is 0 Å². The lowest BCUT2D eigenvalue weighted by Gasteiger charge is -2.14. The first-order valence-corrected chi connectivity index (χ1v) is 5.54. The molecule has 15 heavy (non-hydrogen) atoms. The zero-order valence-electron chi connectivity index (χ0n) is 9.36. The van der Waals surface area contributed by atoms with Crippen LogP contribution in [0.2, 0.25) is 0 Å². The molecule has 2 rings (SSSR count). The molecule has 0 aliphatic carbocycles. The molecule has 1 fully saturated rings. The summed E-state index contributed by atoms with van der Waals surface area (Å²) in [5.41, 5.74) is 1.70. The fraction of sp³-hybridized carbons (Fsp3) is 0.636. The molecule has 0 bridgehead atoms. The van der Waals surface area contributed by atoms with Crippen LogP contribution in [0.1, 0.15) is 35.9 Å². The van der Waals surface area contributed by atoms with E-state index in [1.165, 1.54) is 0 Å². The van der Waals surface area contributed by atoms with E-state index in [9.17, 15) is 4.79 Å². The van der Waals surface area contributed by atoms with Gasteiger partial charge in [0.1, 0.15) is 5.69 Å². The third-order valence-electron chi connectivity index (χ3n) is 2.91. The summed E-state index contributed by atoms with van der Waals surface area (Å²) in [5, 5.41) is 4.29. The molecule has 0 saturated carbocycles. The highest BCUT2D eigenvalue weighted by Gasteiger charge is 2.22. The van der Waals surface area contributed by atoms with Crippen LogP contribution >= 0.6 is 0 Å². The molecule has 0 atom stereocenters. The Bertz CT molecular complexity index is 364. The van der Waals surface area contributed by atoms with Gasteiger partial charge in [0, 0.05) is 20.1 Å². The lowest BCUT2D eigenvalue weighted by molar-refractivity contribution is 0.0782. The van der Waals surface area contributed by atoms with Crippen LogP contribution in [0.5, 0.6) is 0 Å². The monoisotopic (exact) mass is 207 g/mol. The molecule has 0 N–H and O–H groups in total. The number of hydrogen-bond acceptors (Lipinski definition) is 2. The average Bonchev–Trinajstić information content (AvgIpc) is 2.85. The molecule has 1 aromatic rings. The molecule has 1 aromatic heterocycles. The summed E-state index contributed by atoms with van der Waals surface area (Å²) < 4.78 is 1.69. The average molecular weight is 207 g/mol. The molecule has 1 aliphatic rings. The maximum Gasteiger partial charge on any atom is 0.272 e. The molecule has 1 aliphatic heterocycles. The molecule has 82 valence electrons. The molecule has 4 nitrogen and oxygen atoms in total. The normalized spacial score (nSPS) is 16.0. The van der Waals surface area contributed by atoms with Crippen LogP contribution < -0.4 is 0 Å². The van der Waals surface area contributed by atoms with Crippen molar-refractivity contribution in [3.05, 3.63) is 17.5 Å². The van der Waals surface area contributed by atoms with E-state index in [1.54, 1.807) is 4.68 Å². The highest BCUT2D eigenvalue weighted by molar-refractivity contribution is 5.92. The van der Waals surface area contributed by atoms with E-state index >= 15 is 0 Å². The van der Waals surface area contributed by atoms with Gasteiger partial charge in [0.25, 0.3) is 5.91 Å². The summed E-state index contributed by atoms with van der Waals surface area (Å²) in [4.78, 5) is 14.0. The maximum atomic E-state index is 12.1. The standard InChI is InChI=1S/C11H17N3O/c1-3-9-8-10(13(2)12-9)11(15)14-6-4-5-7-14/h8H,3-7H2,1-2H3. The predicted molar refractivity (Wildman–Crippen MR) is 57.7 cm³/mol. The number of amides is 1. The van der Waals surface area contributed by atoms with Crippen LogP contribution in [0, 0.1) is 0 Å². The fourth-order valence-electron chi connectivity index (χ4n) is 1.98. The van der Waals surface area contributed by atoms with Crippen molar-refractivity contribution in [2.75, 3.05) is 13.1 Å². The Morgan fingerprint density at radius 3 is 2.67 bits per heavy atom. The second-order valence-corrected chi connectivity index (χ2v) is 4.00. The summed E-state index contributed by atoms with van der Waals surface area (Å²) in [5.74, 6) is 0.127. The zero-order chi connectivity index (χ0) is 10.8. The Hall–Kier alpha value is -1.32. The third-order valence-corrected chi connectivity index (χ3v) is 2.91. The molecule has 0 unspecified atom stereocenters. The number of rotatable bonds is 2. The summed E-state index contributed by atoms with van der Waals surface area (Å²) in [6.45, 7) is 3.84. The van der Waals surface area contributed by atoms with Gasteiger partial charge in [0.2, 0.25) is 0 Å². The van der Waals surface area contributed by atoms with Crippen molar-refractivity contribution < 1.29 is 4.79 Å². The van der Waals surface area contributed by atoms with Crippen LogP contribution in [0.25, 0.3) is 0 Å². The molecule has 0 radical (unpaired) electrons. The minimum absolute atomic E-state index is 0.127. The topological polar surface area (TPSA) is 38.1 Å². The number of carbonyl (C=O) groups excluding carboxylic acids is 1. The van der Waals surface area contributed by atoms with E-state index in [2.05, 4.69) is 5.10 Å². The maximum absolute atomic E-state index is 12.1. The Kier molecular flexibility index (Phi) is 2.75. The minimum Gasteiger partial charge on any atom is -0.337 e. The van der Waals surface area contributed by atoms with Gasteiger partial charge in [-0.3, -0.25) is 9.48 Å². The van der Waals surface area contributed by atoms with Crippen molar-refractivity contribution in [2.24, 2.45) is 7.05 Å². The highest BCUT2D eigenvalue weighted by Crippen LogP contribution is 2.13. The van der Waals surface area contributed by atoms with E-state index in [4.69, 9.17) is 0 Å². The quantitative estimate of drug-likeness (QED) is 0.731. The van der Waals surface area contributed by atoms with Crippen molar-refractivity contribution in [1.82, 2.24) is 14.7 Å². The van der Waals surface area contributed by atoms with Crippen LogP contribution in [-0.2, 0) is 13.5 Å². The van der Waals surface area contributed by atoms with Crippen molar-refractivity contribution >= 4 is 5.91 Å². The first-order valence-electron chi connectivity index (χ1n) is 5.54. The number of aromatic nitrogens is 2. The summed E-state index contributed by atoms with van der Waals surface area (Å²) in [6.07, 6.45) is 3.13. The SMILES string of the molecule is CCc1cc(C(=O)N2CCCC2)n(C)n1. The number of likely N-dealkylation sites (tertiary alicyclic amines) is 1. The Balaban J connectivity index is 2.20. The second kappa shape index (κ2) is 4.04. The minimum atomic E-state index is 0.127. The van der Waals surface area contributed by atoms with Gasteiger partial charge in [-0.05, 0) is 25.3 Å². The molecule has 1 saturated heterocycles. The van der Waals surface area contributed by atoms with E-state index in [-0.39, 0.29) is 5.91 Å². The smallest absolute Gasteiger partial charge is 0.272 e. The van der Waals surface area contributed by atoms with Gasteiger partial charge < -0.3 is 4.90 Å². The van der Waals surface area contributed by atoms with E-state index < -0.39 is 0 Å². The van der Waals surface area contributed by atoms with Gasteiger partial charge in [-0.2, -0.15) is 5.10 Å². The number of nitrogens with zero attached hydrogens (tertiary/aromatic N) is 3. The van der Waals surface area contributed by atoms with Crippen molar-refractivity contribution in [3.63, 3.8) is 0 Å². The van der Waals surface area contributed by atoms with Crippen molar-refractivity contribution in [2.45, 2.75) is 26.2 Å². The van der Waals surface area contributed by atoms with Gasteiger partial charge in [-0.1, -0.05) is 6.92 Å². The Labute approximate surface area is 89.9 Å². The number of aryl methyl sites for hydroxylation is 2. The Morgan fingerprint density at radius 2 is 2.13 bits per heavy atom. The lowest BCUT2D eigenvalue weighted by atomic mass is 10.3. The predicted octanol–water partition coefficient (Wildman–Crippen LogP) is 1.22. The first kappa shape index (κ1) is 10.2. The summed E-state index contributed by atoms with van der Waals surface area (Å²) in [6, 6.07) is 1.90. The second-order valence-electron chi connectivity index (χ2n) is 4.00.